The summed E-state index contributed by atoms with van der Waals surface area (Å²) in [7, 11) is 0. The minimum atomic E-state index is -0.0667. The maximum Gasteiger partial charge on any atom is 0.174 e. The van der Waals surface area contributed by atoms with Gasteiger partial charge in [0.2, 0.25) is 0 Å². The van der Waals surface area contributed by atoms with Crippen molar-refractivity contribution >= 4 is 23.0 Å². The Kier molecular flexibility index (Phi) is 6.07. The number of pyridine rings is 1. The van der Waals surface area contributed by atoms with Gasteiger partial charge in [0.05, 0.1) is 17.8 Å². The zero-order valence-corrected chi connectivity index (χ0v) is 21.3. The number of hydrogen-bond acceptors (Lipinski definition) is 3. The number of anilines is 1. The highest BCUT2D eigenvalue weighted by Crippen LogP contribution is 2.42. The van der Waals surface area contributed by atoms with Crippen LogP contribution in [0.2, 0.25) is 0 Å². The molecule has 178 valence electrons. The van der Waals surface area contributed by atoms with Gasteiger partial charge in [0.15, 0.2) is 5.11 Å². The van der Waals surface area contributed by atoms with E-state index in [1.807, 2.05) is 54.7 Å². The number of hydrogen-bond donors (Lipinski definition) is 1. The first-order chi connectivity index (χ1) is 16.8. The van der Waals surface area contributed by atoms with Crippen molar-refractivity contribution in [3.63, 3.8) is 0 Å². The quantitative estimate of drug-likeness (QED) is 0.313. The molecular formula is C29H30N4OS. The number of nitrogens with one attached hydrogen (secondary N) is 1. The second kappa shape index (κ2) is 9.19. The van der Waals surface area contributed by atoms with Gasteiger partial charge in [-0.2, -0.15) is 0 Å². The summed E-state index contributed by atoms with van der Waals surface area (Å²) >= 11 is 5.86. The van der Waals surface area contributed by atoms with Crippen LogP contribution in [-0.4, -0.2) is 14.7 Å². The zero-order chi connectivity index (χ0) is 24.6. The highest BCUT2D eigenvalue weighted by atomic mass is 32.1. The van der Waals surface area contributed by atoms with E-state index in [0.717, 1.165) is 22.9 Å². The van der Waals surface area contributed by atoms with Crippen LogP contribution in [-0.2, 0) is 5.54 Å². The van der Waals surface area contributed by atoms with Crippen LogP contribution < -0.4 is 15.0 Å². The monoisotopic (exact) mass is 482 g/mol. The van der Waals surface area contributed by atoms with Crippen molar-refractivity contribution in [1.29, 1.82) is 0 Å². The van der Waals surface area contributed by atoms with Crippen LogP contribution in [0.25, 0.3) is 0 Å². The average Bonchev–Trinajstić information content (AvgIpc) is 3.47. The summed E-state index contributed by atoms with van der Waals surface area (Å²) in [5.41, 5.74) is 4.35. The summed E-state index contributed by atoms with van der Waals surface area (Å²) in [5, 5.41) is 4.21. The van der Waals surface area contributed by atoms with Crippen LogP contribution in [0.5, 0.6) is 11.5 Å². The maximum absolute atomic E-state index is 6.04. The molecule has 5 rings (SSSR count). The molecule has 3 heterocycles. The first-order valence-electron chi connectivity index (χ1n) is 11.8. The molecule has 1 N–H and O–H groups in total. The van der Waals surface area contributed by atoms with Crippen LogP contribution in [0.4, 0.5) is 5.69 Å². The molecule has 0 bridgehead atoms. The lowest BCUT2D eigenvalue weighted by Crippen LogP contribution is -2.29. The van der Waals surface area contributed by atoms with E-state index in [1.54, 1.807) is 0 Å². The Balaban J connectivity index is 1.49. The number of ether oxygens (including phenoxy) is 1. The van der Waals surface area contributed by atoms with Gasteiger partial charge in [0, 0.05) is 29.8 Å². The molecule has 6 heteroatoms. The van der Waals surface area contributed by atoms with Crippen LogP contribution >= 0.6 is 12.2 Å². The largest absolute Gasteiger partial charge is 0.457 e. The topological polar surface area (TPSA) is 42.3 Å². The van der Waals surface area contributed by atoms with Crippen LogP contribution in [0.1, 0.15) is 49.7 Å². The molecule has 0 saturated carbocycles. The fourth-order valence-corrected chi connectivity index (χ4v) is 4.74. The van der Waals surface area contributed by atoms with E-state index in [2.05, 4.69) is 84.1 Å². The third kappa shape index (κ3) is 4.80. The molecule has 0 unspecified atom stereocenters. The van der Waals surface area contributed by atoms with Gasteiger partial charge in [-0.15, -0.1) is 0 Å². The van der Waals surface area contributed by atoms with Crippen molar-refractivity contribution in [2.75, 3.05) is 4.90 Å². The lowest BCUT2D eigenvalue weighted by Gasteiger charge is -2.28. The van der Waals surface area contributed by atoms with Crippen molar-refractivity contribution in [3.8, 4) is 11.5 Å². The maximum atomic E-state index is 6.04. The number of nitrogens with zero attached hydrogens (tertiary/aromatic N) is 3. The van der Waals surface area contributed by atoms with Crippen molar-refractivity contribution in [3.05, 3.63) is 108 Å². The van der Waals surface area contributed by atoms with E-state index in [1.165, 1.54) is 11.1 Å². The summed E-state index contributed by atoms with van der Waals surface area (Å²) in [6.07, 6.45) is 6.19. The van der Waals surface area contributed by atoms with E-state index < -0.39 is 0 Å². The predicted molar refractivity (Wildman–Crippen MR) is 145 cm³/mol. The zero-order valence-electron chi connectivity index (χ0n) is 20.5. The molecule has 0 amide bonds. The first-order valence-corrected chi connectivity index (χ1v) is 12.2. The molecule has 1 aliphatic heterocycles. The molecule has 0 radical (unpaired) electrons. The fraction of sp³-hybridized carbons (Fsp3) is 0.241. The van der Waals surface area contributed by atoms with Gasteiger partial charge in [0.1, 0.15) is 11.5 Å². The van der Waals surface area contributed by atoms with Gasteiger partial charge in [0.25, 0.3) is 0 Å². The van der Waals surface area contributed by atoms with Gasteiger partial charge in [-0.3, -0.25) is 4.98 Å². The summed E-state index contributed by atoms with van der Waals surface area (Å²) in [6, 6.07) is 24.2. The molecule has 2 aromatic heterocycles. The second-order valence-corrected chi connectivity index (χ2v) is 10.3. The number of aromatic nitrogens is 2. The normalized spacial score (nSPS) is 17.9. The van der Waals surface area contributed by atoms with Crippen LogP contribution in [0, 0.1) is 6.92 Å². The Morgan fingerprint density at radius 3 is 2.20 bits per heavy atom. The van der Waals surface area contributed by atoms with Crippen molar-refractivity contribution in [2.24, 2.45) is 0 Å². The fourth-order valence-electron chi connectivity index (χ4n) is 4.39. The van der Waals surface area contributed by atoms with E-state index >= 15 is 0 Å². The highest BCUT2D eigenvalue weighted by molar-refractivity contribution is 7.80. The summed E-state index contributed by atoms with van der Waals surface area (Å²) < 4.78 is 8.29. The Hall–Kier alpha value is -3.64. The van der Waals surface area contributed by atoms with Gasteiger partial charge in [-0.25, -0.2) is 0 Å². The number of benzene rings is 2. The lowest BCUT2D eigenvalue weighted by molar-refractivity contribution is 0.397. The van der Waals surface area contributed by atoms with E-state index in [9.17, 15) is 0 Å². The number of thiocarbonyl (C=S) groups is 1. The molecule has 5 nitrogen and oxygen atoms in total. The van der Waals surface area contributed by atoms with E-state index in [4.69, 9.17) is 17.0 Å². The molecule has 1 aliphatic rings. The molecule has 4 aromatic rings. The summed E-state index contributed by atoms with van der Waals surface area (Å²) in [4.78, 5) is 6.83. The summed E-state index contributed by atoms with van der Waals surface area (Å²) in [5.74, 6) is 1.60. The van der Waals surface area contributed by atoms with Crippen molar-refractivity contribution < 1.29 is 4.74 Å². The highest BCUT2D eigenvalue weighted by Gasteiger charge is 2.41. The molecule has 2 aromatic carbocycles. The Bertz CT molecular complexity index is 1310. The van der Waals surface area contributed by atoms with Gasteiger partial charge < -0.3 is 19.5 Å². The third-order valence-electron chi connectivity index (χ3n) is 6.30. The second-order valence-electron chi connectivity index (χ2n) is 9.93. The van der Waals surface area contributed by atoms with E-state index in [0.29, 0.717) is 5.11 Å². The summed E-state index contributed by atoms with van der Waals surface area (Å²) in [6.45, 7) is 8.68. The predicted octanol–water partition coefficient (Wildman–Crippen LogP) is 6.92. The smallest absolute Gasteiger partial charge is 0.174 e. The molecule has 2 atom stereocenters. The van der Waals surface area contributed by atoms with E-state index in [-0.39, 0.29) is 17.6 Å². The minimum absolute atomic E-state index is 0.00885. The minimum Gasteiger partial charge on any atom is -0.457 e. The van der Waals surface area contributed by atoms with Crippen molar-refractivity contribution in [1.82, 2.24) is 14.9 Å². The SMILES string of the molecule is Cc1ccc(Oc2ccc(N3C(=S)N[C@H](c4ccccn4)[C@@H]3c3ccn(C(C)(C)C)c3)cc2)cc1. The van der Waals surface area contributed by atoms with Crippen molar-refractivity contribution in [2.45, 2.75) is 45.3 Å². The Labute approximate surface area is 212 Å². The Morgan fingerprint density at radius 2 is 1.60 bits per heavy atom. The Morgan fingerprint density at radius 1 is 0.914 bits per heavy atom. The van der Waals surface area contributed by atoms with Gasteiger partial charge in [-0.1, -0.05) is 23.8 Å². The molecule has 0 aliphatic carbocycles. The average molecular weight is 483 g/mol. The molecule has 35 heavy (non-hydrogen) atoms. The van der Waals surface area contributed by atoms with Crippen LogP contribution in [0.3, 0.4) is 0 Å². The van der Waals surface area contributed by atoms with Gasteiger partial charge in [-0.05, 0) is 100 Å². The first kappa shape index (κ1) is 23.1. The molecule has 1 saturated heterocycles. The molecular weight excluding hydrogens is 452 g/mol. The third-order valence-corrected chi connectivity index (χ3v) is 6.62. The van der Waals surface area contributed by atoms with Crippen LogP contribution in [0.15, 0.2) is 91.4 Å². The standard InChI is InChI=1S/C29H30N4OS/c1-20-8-12-23(13-9-20)34-24-14-10-22(11-15-24)33-27(21-16-18-32(19-21)29(2,3)4)26(31-28(33)35)25-7-5-6-17-30-25/h5-19,26-27H,1-4H3,(H,31,35)/t26-,27+/m1/s1. The number of aryl methyl sites for hydroxylation is 1. The number of rotatable bonds is 5. The molecule has 1 fully saturated rings. The lowest BCUT2D eigenvalue weighted by atomic mass is 9.98. The van der Waals surface area contributed by atoms with Gasteiger partial charge >= 0.3 is 0 Å². The molecule has 0 spiro atoms.